The molecule has 2 bridgehead atoms. The summed E-state index contributed by atoms with van der Waals surface area (Å²) in [6, 6.07) is 12.6. The first kappa shape index (κ1) is 13.6. The summed E-state index contributed by atoms with van der Waals surface area (Å²) >= 11 is 0. The van der Waals surface area contributed by atoms with E-state index in [0.717, 1.165) is 12.8 Å². The molecule has 2 fully saturated rings. The van der Waals surface area contributed by atoms with Crippen LogP contribution in [0.2, 0.25) is 0 Å². The van der Waals surface area contributed by atoms with Gasteiger partial charge in [0.15, 0.2) is 0 Å². The van der Waals surface area contributed by atoms with Gasteiger partial charge in [-0.1, -0.05) is 37.3 Å². The fourth-order valence-corrected chi connectivity index (χ4v) is 3.75. The number of rotatable bonds is 4. The van der Waals surface area contributed by atoms with Crippen LogP contribution in [0.3, 0.4) is 0 Å². The van der Waals surface area contributed by atoms with Gasteiger partial charge in [-0.3, -0.25) is 0 Å². The summed E-state index contributed by atoms with van der Waals surface area (Å²) in [6.45, 7) is 2.11. The highest BCUT2D eigenvalue weighted by Crippen LogP contribution is 2.50. The zero-order valence-corrected chi connectivity index (χ0v) is 11.8. The molecule has 1 N–H and O–H groups in total. The summed E-state index contributed by atoms with van der Waals surface area (Å²) in [5, 5.41) is 20.3. The Morgan fingerprint density at radius 2 is 2.15 bits per heavy atom. The van der Waals surface area contributed by atoms with Gasteiger partial charge in [-0.05, 0) is 37.2 Å². The Kier molecular flexibility index (Phi) is 3.54. The highest BCUT2D eigenvalue weighted by atomic mass is 16.5. The van der Waals surface area contributed by atoms with Crippen molar-refractivity contribution in [2.24, 2.45) is 5.41 Å². The summed E-state index contributed by atoms with van der Waals surface area (Å²) in [7, 11) is 0. The molecule has 0 aliphatic carbocycles. The first-order valence-electron chi connectivity index (χ1n) is 7.45. The standard InChI is InChI=1S/C17H21NO2/c1-12(13-5-3-2-4-6-13)9-15(19)17(11-18)10-14-7-8-16(17)20-14/h2-6,12,14-16,19H,7-10H2,1H3. The molecule has 3 nitrogen and oxygen atoms in total. The zero-order chi connectivity index (χ0) is 14.2. The molecule has 106 valence electrons. The summed E-state index contributed by atoms with van der Waals surface area (Å²) in [6.07, 6.45) is 2.75. The van der Waals surface area contributed by atoms with E-state index in [1.807, 2.05) is 18.2 Å². The lowest BCUT2D eigenvalue weighted by molar-refractivity contribution is -0.00212. The molecule has 3 heteroatoms. The van der Waals surface area contributed by atoms with Crippen molar-refractivity contribution in [3.63, 3.8) is 0 Å². The largest absolute Gasteiger partial charge is 0.391 e. The van der Waals surface area contributed by atoms with Crippen molar-refractivity contribution in [2.45, 2.75) is 56.8 Å². The molecule has 2 saturated heterocycles. The van der Waals surface area contributed by atoms with E-state index in [4.69, 9.17) is 4.74 Å². The van der Waals surface area contributed by atoms with Crippen LogP contribution in [0.25, 0.3) is 0 Å². The van der Waals surface area contributed by atoms with E-state index in [9.17, 15) is 10.4 Å². The molecule has 20 heavy (non-hydrogen) atoms. The van der Waals surface area contributed by atoms with E-state index >= 15 is 0 Å². The fourth-order valence-electron chi connectivity index (χ4n) is 3.75. The minimum absolute atomic E-state index is 0.0736. The highest BCUT2D eigenvalue weighted by molar-refractivity contribution is 5.21. The molecule has 0 saturated carbocycles. The van der Waals surface area contributed by atoms with Crippen LogP contribution in [0.1, 0.15) is 44.1 Å². The summed E-state index contributed by atoms with van der Waals surface area (Å²) in [4.78, 5) is 0. The maximum absolute atomic E-state index is 10.7. The molecule has 0 aromatic heterocycles. The molecule has 2 aliphatic rings. The van der Waals surface area contributed by atoms with Gasteiger partial charge in [0.05, 0.1) is 24.4 Å². The summed E-state index contributed by atoms with van der Waals surface area (Å²) in [5.41, 5.74) is 0.523. The number of hydrogen-bond acceptors (Lipinski definition) is 3. The van der Waals surface area contributed by atoms with Crippen LogP contribution in [-0.4, -0.2) is 23.4 Å². The van der Waals surface area contributed by atoms with Gasteiger partial charge in [0.25, 0.3) is 0 Å². The maximum atomic E-state index is 10.7. The molecule has 5 atom stereocenters. The molecule has 0 amide bonds. The Balaban J connectivity index is 1.73. The molecule has 2 heterocycles. The minimum Gasteiger partial charge on any atom is -0.391 e. The first-order valence-corrected chi connectivity index (χ1v) is 7.45. The third-order valence-electron chi connectivity index (χ3n) is 5.00. The normalized spacial score (nSPS) is 34.6. The van der Waals surface area contributed by atoms with Gasteiger partial charge in [-0.25, -0.2) is 0 Å². The number of nitriles is 1. The minimum atomic E-state index is -0.689. The Morgan fingerprint density at radius 3 is 2.70 bits per heavy atom. The van der Waals surface area contributed by atoms with Crippen LogP contribution < -0.4 is 0 Å². The lowest BCUT2D eigenvalue weighted by Crippen LogP contribution is -2.42. The van der Waals surface area contributed by atoms with Crippen molar-refractivity contribution < 1.29 is 9.84 Å². The van der Waals surface area contributed by atoms with Crippen molar-refractivity contribution in [3.8, 4) is 6.07 Å². The predicted molar refractivity (Wildman–Crippen MR) is 76.0 cm³/mol. The lowest BCUT2D eigenvalue weighted by Gasteiger charge is -2.34. The van der Waals surface area contributed by atoms with E-state index in [1.54, 1.807) is 0 Å². The van der Waals surface area contributed by atoms with Crippen molar-refractivity contribution in [2.75, 3.05) is 0 Å². The van der Waals surface area contributed by atoms with Crippen LogP contribution in [0.15, 0.2) is 30.3 Å². The van der Waals surface area contributed by atoms with Crippen molar-refractivity contribution in [1.82, 2.24) is 0 Å². The van der Waals surface area contributed by atoms with Crippen LogP contribution in [-0.2, 0) is 4.74 Å². The first-order chi connectivity index (χ1) is 9.65. The van der Waals surface area contributed by atoms with Gasteiger partial charge >= 0.3 is 0 Å². The molecule has 1 aromatic rings. The van der Waals surface area contributed by atoms with Gasteiger partial charge in [-0.2, -0.15) is 5.26 Å². The van der Waals surface area contributed by atoms with Crippen LogP contribution in [0.5, 0.6) is 0 Å². The zero-order valence-electron chi connectivity index (χ0n) is 11.8. The topological polar surface area (TPSA) is 53.2 Å². The number of benzene rings is 1. The van der Waals surface area contributed by atoms with Gasteiger partial charge in [0.1, 0.15) is 5.41 Å². The number of aliphatic hydroxyl groups is 1. The monoisotopic (exact) mass is 271 g/mol. The second-order valence-electron chi connectivity index (χ2n) is 6.24. The van der Waals surface area contributed by atoms with E-state index < -0.39 is 11.5 Å². The summed E-state index contributed by atoms with van der Waals surface area (Å²) < 4.78 is 5.81. The molecule has 2 aliphatic heterocycles. The second kappa shape index (κ2) is 5.20. The molecule has 3 rings (SSSR count). The fraction of sp³-hybridized carbons (Fsp3) is 0.588. The van der Waals surface area contributed by atoms with Crippen LogP contribution in [0.4, 0.5) is 0 Å². The van der Waals surface area contributed by atoms with Gasteiger partial charge in [0.2, 0.25) is 0 Å². The quantitative estimate of drug-likeness (QED) is 0.916. The number of fused-ring (bicyclic) bond motifs is 2. The average molecular weight is 271 g/mol. The van der Waals surface area contributed by atoms with E-state index in [2.05, 4.69) is 25.1 Å². The molecular formula is C17H21NO2. The molecule has 0 radical (unpaired) electrons. The van der Waals surface area contributed by atoms with Crippen LogP contribution in [0, 0.1) is 16.7 Å². The molecular weight excluding hydrogens is 250 g/mol. The van der Waals surface area contributed by atoms with Crippen molar-refractivity contribution in [3.05, 3.63) is 35.9 Å². The molecule has 0 spiro atoms. The Morgan fingerprint density at radius 1 is 1.40 bits per heavy atom. The van der Waals surface area contributed by atoms with E-state index in [-0.39, 0.29) is 18.1 Å². The van der Waals surface area contributed by atoms with Gasteiger partial charge < -0.3 is 9.84 Å². The Bertz CT molecular complexity index is 509. The predicted octanol–water partition coefficient (Wildman–Crippen LogP) is 3.00. The number of ether oxygens (including phenoxy) is 1. The van der Waals surface area contributed by atoms with Crippen molar-refractivity contribution >= 4 is 0 Å². The Hall–Kier alpha value is -1.37. The maximum Gasteiger partial charge on any atom is 0.112 e. The smallest absolute Gasteiger partial charge is 0.112 e. The highest BCUT2D eigenvalue weighted by Gasteiger charge is 2.56. The Labute approximate surface area is 120 Å². The second-order valence-corrected chi connectivity index (χ2v) is 6.24. The molecule has 5 unspecified atom stereocenters. The van der Waals surface area contributed by atoms with Crippen molar-refractivity contribution in [1.29, 1.82) is 5.26 Å². The third kappa shape index (κ3) is 2.13. The van der Waals surface area contributed by atoms with Crippen LogP contribution >= 0.6 is 0 Å². The summed E-state index contributed by atoms with van der Waals surface area (Å²) in [5.74, 6) is 0.246. The molecule has 1 aromatic carbocycles. The third-order valence-corrected chi connectivity index (χ3v) is 5.00. The SMILES string of the molecule is CC(CC(O)C1(C#N)CC2CCC1O2)c1ccccc1. The van der Waals surface area contributed by atoms with E-state index in [0.29, 0.717) is 12.8 Å². The average Bonchev–Trinajstić information content (AvgIpc) is 3.09. The van der Waals surface area contributed by atoms with Gasteiger partial charge in [-0.15, -0.1) is 0 Å². The lowest BCUT2D eigenvalue weighted by atomic mass is 9.69. The number of aliphatic hydroxyl groups excluding tert-OH is 1. The number of hydrogen-bond donors (Lipinski definition) is 1. The van der Waals surface area contributed by atoms with E-state index in [1.165, 1.54) is 5.56 Å². The number of nitrogens with zero attached hydrogens (tertiary/aromatic N) is 1. The van der Waals surface area contributed by atoms with Gasteiger partial charge in [0, 0.05) is 0 Å².